The minimum Gasteiger partial charge on any atom is -0.484 e. The van der Waals surface area contributed by atoms with E-state index in [1.165, 1.54) is 22.1 Å². The van der Waals surface area contributed by atoms with Gasteiger partial charge in [0, 0.05) is 58.7 Å². The molecule has 5 aromatic rings. The van der Waals surface area contributed by atoms with E-state index >= 15 is 0 Å². The minimum atomic E-state index is -0.464. The third-order valence-electron chi connectivity index (χ3n) is 8.22. The van der Waals surface area contributed by atoms with Crippen LogP contribution in [0, 0.1) is 17.0 Å². The van der Waals surface area contributed by atoms with Gasteiger partial charge < -0.3 is 23.3 Å². The first-order valence-electron chi connectivity index (χ1n) is 15.6. The molecule has 0 amide bonds. The van der Waals surface area contributed by atoms with Crippen LogP contribution in [0.15, 0.2) is 67.1 Å². The number of ether oxygens (including phenoxy) is 3. The number of esters is 1. The van der Waals surface area contributed by atoms with Crippen molar-refractivity contribution in [2.45, 2.75) is 52.1 Å². The lowest BCUT2D eigenvalue weighted by Gasteiger charge is -2.31. The van der Waals surface area contributed by atoms with Crippen molar-refractivity contribution in [3.05, 3.63) is 101 Å². The van der Waals surface area contributed by atoms with Crippen molar-refractivity contribution in [3.63, 3.8) is 0 Å². The van der Waals surface area contributed by atoms with E-state index in [2.05, 4.69) is 63.3 Å². The lowest BCUT2D eigenvalue weighted by molar-refractivity contribution is 0.0601. The van der Waals surface area contributed by atoms with Gasteiger partial charge in [0.2, 0.25) is 5.88 Å². The Hall–Kier alpha value is -4.13. The molecule has 0 spiro atoms. The van der Waals surface area contributed by atoms with E-state index < -0.39 is 5.82 Å². The highest BCUT2D eigenvalue weighted by Gasteiger charge is 2.24. The van der Waals surface area contributed by atoms with E-state index in [1.807, 2.05) is 42.9 Å². The highest BCUT2D eigenvalue weighted by molar-refractivity contribution is 14.2. The molecular formula is C35H34FIN6O4S. The summed E-state index contributed by atoms with van der Waals surface area (Å²) in [6, 6.07) is 15.7. The summed E-state index contributed by atoms with van der Waals surface area (Å²) < 4.78 is 35.7. The Morgan fingerprint density at radius 2 is 1.96 bits per heavy atom. The van der Waals surface area contributed by atoms with Gasteiger partial charge in [-0.25, -0.2) is 24.1 Å². The summed E-state index contributed by atoms with van der Waals surface area (Å²) >= 11 is 2.07. The highest BCUT2D eigenvalue weighted by atomic mass is 127. The molecule has 0 unspecified atom stereocenters. The third-order valence-corrected chi connectivity index (χ3v) is 9.06. The van der Waals surface area contributed by atoms with E-state index in [1.54, 1.807) is 18.2 Å². The largest absolute Gasteiger partial charge is 0.484 e. The van der Waals surface area contributed by atoms with Gasteiger partial charge in [-0.2, -0.15) is 0 Å². The molecule has 10 nitrogen and oxygen atoms in total. The van der Waals surface area contributed by atoms with Crippen LogP contribution in [0.3, 0.4) is 0 Å². The summed E-state index contributed by atoms with van der Waals surface area (Å²) in [5.41, 5.74) is 4.50. The molecule has 0 N–H and O–H groups in total. The maximum Gasteiger partial charge on any atom is 0.337 e. The number of aromatic nitrogens is 5. The van der Waals surface area contributed by atoms with Gasteiger partial charge in [-0.15, -0.1) is 0 Å². The first kappa shape index (κ1) is 33.8. The zero-order valence-corrected chi connectivity index (χ0v) is 29.5. The Bertz CT molecular complexity index is 1960. The van der Waals surface area contributed by atoms with E-state index in [0.717, 1.165) is 55.0 Å². The number of carbonyl (C=O) groups is 1. The maximum atomic E-state index is 14.5. The summed E-state index contributed by atoms with van der Waals surface area (Å²) in [4.78, 5) is 28.6. The van der Waals surface area contributed by atoms with Gasteiger partial charge in [0.25, 0.3) is 0 Å². The molecule has 2 aromatic carbocycles. The van der Waals surface area contributed by atoms with Crippen LogP contribution >= 0.6 is 30.1 Å². The van der Waals surface area contributed by atoms with E-state index in [0.29, 0.717) is 35.8 Å². The SMILES string of the molecule is CCn1cncc1Cn1c(CN2CCC(Oc3cccc(COc4ccc(C#CSI)cc4F)n3)CC2)nc2ccc(C(=O)OC)cc21. The fraction of sp³-hybridized carbons (Fsp3) is 0.314. The summed E-state index contributed by atoms with van der Waals surface area (Å²) in [5.74, 6) is 3.63. The summed E-state index contributed by atoms with van der Waals surface area (Å²) in [5, 5.41) is 2.85. The van der Waals surface area contributed by atoms with E-state index in [4.69, 9.17) is 19.2 Å². The molecule has 0 atom stereocenters. The number of pyridine rings is 1. The summed E-state index contributed by atoms with van der Waals surface area (Å²) in [6.45, 7) is 5.90. The fourth-order valence-corrected chi connectivity index (χ4v) is 6.21. The number of methoxy groups -OCH3 is 1. The first-order chi connectivity index (χ1) is 23.4. The molecule has 6 rings (SSSR count). The molecule has 48 heavy (non-hydrogen) atoms. The van der Waals surface area contributed by atoms with Crippen molar-refractivity contribution in [1.82, 2.24) is 29.0 Å². The van der Waals surface area contributed by atoms with Crippen LogP contribution in [0.4, 0.5) is 4.39 Å². The van der Waals surface area contributed by atoms with Gasteiger partial charge in [0.05, 0.1) is 54.5 Å². The van der Waals surface area contributed by atoms with Gasteiger partial charge in [0.1, 0.15) is 18.5 Å². The Kier molecular flexibility index (Phi) is 11.1. The molecule has 3 aromatic heterocycles. The maximum absolute atomic E-state index is 14.5. The third kappa shape index (κ3) is 8.11. The standard InChI is InChI=1S/C35H34FIN6O4S/c1-3-42-23-38-19-27(42)20-43-31-18-25(35(44)45-2)8-9-30(31)40-33(43)21-41-14-11-28(12-15-41)47-34-6-4-5-26(39-34)22-46-32-10-7-24(13-16-48-37)17-29(32)36/h4-10,17-19,23,28H,3,11-12,14-15,20-22H2,1-2H3. The fourth-order valence-electron chi connectivity index (χ4n) is 5.73. The van der Waals surface area contributed by atoms with Crippen LogP contribution in [0.25, 0.3) is 11.0 Å². The Balaban J connectivity index is 1.08. The van der Waals surface area contributed by atoms with Crippen LogP contribution in [-0.2, 0) is 31.0 Å². The van der Waals surface area contributed by atoms with Gasteiger partial charge in [-0.3, -0.25) is 4.90 Å². The van der Waals surface area contributed by atoms with E-state index in [-0.39, 0.29) is 24.4 Å². The predicted molar refractivity (Wildman–Crippen MR) is 190 cm³/mol. The van der Waals surface area contributed by atoms with E-state index in [9.17, 15) is 9.18 Å². The molecule has 1 aliphatic heterocycles. The lowest BCUT2D eigenvalue weighted by atomic mass is 10.1. The van der Waals surface area contributed by atoms with Crippen molar-refractivity contribution in [3.8, 4) is 22.8 Å². The average Bonchev–Trinajstić information content (AvgIpc) is 3.71. The summed E-state index contributed by atoms with van der Waals surface area (Å²) in [6.07, 6.45) is 5.37. The number of fused-ring (bicyclic) bond motifs is 1. The number of piperidine rings is 1. The number of benzene rings is 2. The summed E-state index contributed by atoms with van der Waals surface area (Å²) in [7, 11) is 2.73. The number of aryl methyl sites for hydroxylation is 1. The number of imidazole rings is 2. The van der Waals surface area contributed by atoms with Gasteiger partial charge in [-0.05, 0) is 76.4 Å². The number of rotatable bonds is 11. The normalized spacial score (nSPS) is 13.7. The number of nitrogens with zero attached hydrogens (tertiary/aromatic N) is 6. The second kappa shape index (κ2) is 15.8. The molecule has 4 heterocycles. The molecular weight excluding hydrogens is 746 g/mol. The first-order valence-corrected chi connectivity index (χ1v) is 18.9. The van der Waals surface area contributed by atoms with Gasteiger partial charge in [0.15, 0.2) is 11.6 Å². The van der Waals surface area contributed by atoms with Gasteiger partial charge in [-0.1, -0.05) is 12.0 Å². The smallest absolute Gasteiger partial charge is 0.337 e. The average molecular weight is 781 g/mol. The molecule has 0 bridgehead atoms. The van der Waals surface area contributed by atoms with Crippen molar-refractivity contribution >= 4 is 47.1 Å². The lowest BCUT2D eigenvalue weighted by Crippen LogP contribution is -2.38. The number of likely N-dealkylation sites (tertiary alicyclic amines) is 1. The molecule has 1 saturated heterocycles. The highest BCUT2D eigenvalue weighted by Crippen LogP contribution is 2.25. The molecule has 0 radical (unpaired) electrons. The Labute approximate surface area is 294 Å². The molecule has 1 fully saturated rings. The predicted octanol–water partition coefficient (Wildman–Crippen LogP) is 6.64. The molecule has 1 aliphatic rings. The van der Waals surface area contributed by atoms with Crippen molar-refractivity contribution in [1.29, 1.82) is 0 Å². The van der Waals surface area contributed by atoms with Crippen molar-refractivity contribution < 1.29 is 23.4 Å². The molecule has 248 valence electrons. The number of hydrogen-bond donors (Lipinski definition) is 0. The van der Waals surface area contributed by atoms with Gasteiger partial charge >= 0.3 is 5.97 Å². The number of carbonyl (C=O) groups excluding carboxylic acids is 1. The quantitative estimate of drug-likeness (QED) is 0.0832. The Morgan fingerprint density at radius 1 is 1.10 bits per heavy atom. The minimum absolute atomic E-state index is 0.0112. The Morgan fingerprint density at radius 3 is 2.73 bits per heavy atom. The monoisotopic (exact) mass is 780 g/mol. The van der Waals surface area contributed by atoms with Crippen LogP contribution in [0.2, 0.25) is 0 Å². The molecule has 0 saturated carbocycles. The van der Waals surface area contributed by atoms with Crippen LogP contribution < -0.4 is 9.47 Å². The zero-order valence-electron chi connectivity index (χ0n) is 26.6. The van der Waals surface area contributed by atoms with Crippen LogP contribution in [0.5, 0.6) is 11.6 Å². The molecule has 13 heteroatoms. The number of hydrogen-bond acceptors (Lipinski definition) is 9. The van der Waals surface area contributed by atoms with Crippen molar-refractivity contribution in [2.75, 3.05) is 20.2 Å². The number of halogens is 2. The topological polar surface area (TPSA) is 96.5 Å². The molecule has 0 aliphatic carbocycles. The zero-order chi connectivity index (χ0) is 33.5. The van der Waals surface area contributed by atoms with Crippen LogP contribution in [-0.4, -0.2) is 61.3 Å². The van der Waals surface area contributed by atoms with Crippen LogP contribution in [0.1, 0.15) is 52.9 Å². The second-order valence-electron chi connectivity index (χ2n) is 11.3. The second-order valence-corrected chi connectivity index (χ2v) is 13.0. The van der Waals surface area contributed by atoms with Crippen molar-refractivity contribution in [2.24, 2.45) is 0 Å².